The Hall–Kier alpha value is -4.95. The van der Waals surface area contributed by atoms with Gasteiger partial charge in [-0.15, -0.1) is 0 Å². The van der Waals surface area contributed by atoms with E-state index >= 15 is 0 Å². The quantitative estimate of drug-likeness (QED) is 0.238. The van der Waals surface area contributed by atoms with E-state index in [1.165, 1.54) is 18.0 Å². The molecule has 2 N–H and O–H groups in total. The van der Waals surface area contributed by atoms with Crippen LogP contribution in [0, 0.1) is 5.82 Å². The molecule has 1 fully saturated rings. The van der Waals surface area contributed by atoms with Crippen molar-refractivity contribution in [2.75, 3.05) is 48.4 Å². The molecule has 0 spiro atoms. The van der Waals surface area contributed by atoms with Crippen LogP contribution in [0.4, 0.5) is 27.1 Å². The number of pyridine rings is 1. The maximum Gasteiger partial charge on any atom is 0.257 e. The van der Waals surface area contributed by atoms with Crippen molar-refractivity contribution < 1.29 is 18.7 Å². The molecule has 0 unspecified atom stereocenters. The van der Waals surface area contributed by atoms with Crippen LogP contribution in [0.1, 0.15) is 15.9 Å². The molecule has 3 heterocycles. The van der Waals surface area contributed by atoms with Crippen molar-refractivity contribution in [2.24, 2.45) is 0 Å². The van der Waals surface area contributed by atoms with Crippen LogP contribution in [0.15, 0.2) is 91.3 Å². The van der Waals surface area contributed by atoms with Gasteiger partial charge >= 0.3 is 0 Å². The summed E-state index contributed by atoms with van der Waals surface area (Å²) in [6.07, 6.45) is 3.88. The summed E-state index contributed by atoms with van der Waals surface area (Å²) in [4.78, 5) is 19.6. The van der Waals surface area contributed by atoms with Gasteiger partial charge in [-0.05, 0) is 82.7 Å². The number of morpholine rings is 1. The van der Waals surface area contributed by atoms with Gasteiger partial charge in [-0.1, -0.05) is 18.2 Å². The molecule has 7 rings (SSSR count). The van der Waals surface area contributed by atoms with Gasteiger partial charge in [0.05, 0.1) is 42.4 Å². The molecular formula is C34H29FN4O3. The number of carbonyl (C=O) groups is 1. The minimum atomic E-state index is -0.314. The van der Waals surface area contributed by atoms with Crippen LogP contribution in [-0.2, 0) is 11.2 Å². The fraction of sp³-hybridized carbons (Fsp3) is 0.176. The zero-order valence-electron chi connectivity index (χ0n) is 22.9. The Labute approximate surface area is 242 Å². The molecule has 0 saturated carbocycles. The number of anilines is 4. The molecule has 1 saturated heterocycles. The molecule has 4 aromatic carbocycles. The summed E-state index contributed by atoms with van der Waals surface area (Å²) in [5, 5.41) is 7.71. The van der Waals surface area contributed by atoms with E-state index in [1.54, 1.807) is 24.4 Å². The van der Waals surface area contributed by atoms with Crippen LogP contribution in [0.3, 0.4) is 0 Å². The molecule has 0 radical (unpaired) electrons. The first kappa shape index (κ1) is 26.0. The fourth-order valence-corrected chi connectivity index (χ4v) is 5.58. The Bertz CT molecular complexity index is 1780. The van der Waals surface area contributed by atoms with Crippen LogP contribution in [0.5, 0.6) is 5.75 Å². The molecule has 1 aromatic heterocycles. The molecule has 210 valence electrons. The van der Waals surface area contributed by atoms with Gasteiger partial charge in [-0.3, -0.25) is 9.78 Å². The van der Waals surface area contributed by atoms with E-state index in [9.17, 15) is 9.18 Å². The minimum Gasteiger partial charge on any atom is -0.493 e. The van der Waals surface area contributed by atoms with E-state index in [-0.39, 0.29) is 11.7 Å². The van der Waals surface area contributed by atoms with Crippen molar-refractivity contribution in [3.63, 3.8) is 0 Å². The summed E-state index contributed by atoms with van der Waals surface area (Å²) >= 11 is 0. The maximum atomic E-state index is 14.4. The lowest BCUT2D eigenvalue weighted by atomic mass is 9.97. The number of ether oxygens (including phenoxy) is 2. The summed E-state index contributed by atoms with van der Waals surface area (Å²) in [5.74, 6) is 0.323. The minimum absolute atomic E-state index is 0.190. The number of nitrogens with zero attached hydrogens (tertiary/aromatic N) is 2. The van der Waals surface area contributed by atoms with Crippen molar-refractivity contribution in [2.45, 2.75) is 6.42 Å². The summed E-state index contributed by atoms with van der Waals surface area (Å²) in [6, 6.07) is 24.8. The van der Waals surface area contributed by atoms with Crippen molar-refractivity contribution in [3.05, 3.63) is 108 Å². The lowest BCUT2D eigenvalue weighted by molar-refractivity contribution is 0.102. The lowest BCUT2D eigenvalue weighted by Crippen LogP contribution is -2.36. The van der Waals surface area contributed by atoms with E-state index < -0.39 is 0 Å². The van der Waals surface area contributed by atoms with Crippen LogP contribution in [0.2, 0.25) is 0 Å². The SMILES string of the molecule is O=C1Nc2cc(CCOc3ccc(N4CCOCC4)cc3)ccc2Nc2cc(-c3ccc(F)c4cnccc34)ccc21. The number of rotatable bonds is 6. The first-order valence-electron chi connectivity index (χ1n) is 14.1. The van der Waals surface area contributed by atoms with Gasteiger partial charge in [0.25, 0.3) is 5.91 Å². The van der Waals surface area contributed by atoms with Crippen LogP contribution in [-0.4, -0.2) is 43.8 Å². The number of aromatic nitrogens is 1. The third-order valence-electron chi connectivity index (χ3n) is 7.81. The zero-order chi connectivity index (χ0) is 28.5. The molecular weight excluding hydrogens is 531 g/mol. The average molecular weight is 561 g/mol. The number of hydrogen-bond donors (Lipinski definition) is 2. The third-order valence-corrected chi connectivity index (χ3v) is 7.81. The van der Waals surface area contributed by atoms with E-state index in [4.69, 9.17) is 9.47 Å². The zero-order valence-corrected chi connectivity index (χ0v) is 22.9. The van der Waals surface area contributed by atoms with Crippen LogP contribution in [0.25, 0.3) is 21.9 Å². The maximum absolute atomic E-state index is 14.4. The summed E-state index contributed by atoms with van der Waals surface area (Å²) in [7, 11) is 0. The number of hydrogen-bond acceptors (Lipinski definition) is 6. The Morgan fingerprint density at radius 3 is 2.52 bits per heavy atom. The van der Waals surface area contributed by atoms with Gasteiger partial charge in [0.15, 0.2) is 0 Å². The monoisotopic (exact) mass is 560 g/mol. The number of nitrogens with one attached hydrogen (secondary N) is 2. The van der Waals surface area contributed by atoms with Gasteiger partial charge in [0.1, 0.15) is 11.6 Å². The standard InChI is InChI=1S/C34H29FN4O3/c35-30-9-8-26(27-11-13-36-21-29(27)30)23-2-7-28-32(20-23)37-31-10-1-22(19-33(31)38-34(28)40)12-16-42-25-5-3-24(4-6-25)39-14-17-41-18-15-39/h1-11,13,19-21,37H,12,14-18H2,(H,38,40). The van der Waals surface area contributed by atoms with Crippen molar-refractivity contribution >= 4 is 39.4 Å². The molecule has 0 aliphatic carbocycles. The highest BCUT2D eigenvalue weighted by Gasteiger charge is 2.21. The summed E-state index contributed by atoms with van der Waals surface area (Å²) < 4.78 is 25.8. The van der Waals surface area contributed by atoms with Gasteiger partial charge in [-0.25, -0.2) is 4.39 Å². The molecule has 7 nitrogen and oxygen atoms in total. The number of fused-ring (bicyclic) bond motifs is 3. The van der Waals surface area contributed by atoms with Crippen molar-refractivity contribution in [3.8, 4) is 16.9 Å². The van der Waals surface area contributed by atoms with Gasteiger partial charge in [0, 0.05) is 43.0 Å². The molecule has 5 aromatic rings. The van der Waals surface area contributed by atoms with E-state index in [0.29, 0.717) is 35.4 Å². The van der Waals surface area contributed by atoms with E-state index in [2.05, 4.69) is 32.7 Å². The Morgan fingerprint density at radius 2 is 1.67 bits per heavy atom. The second kappa shape index (κ2) is 11.1. The second-order valence-electron chi connectivity index (χ2n) is 10.4. The molecule has 1 amide bonds. The van der Waals surface area contributed by atoms with Crippen molar-refractivity contribution in [1.29, 1.82) is 0 Å². The molecule has 2 aliphatic rings. The van der Waals surface area contributed by atoms with E-state index in [1.807, 2.05) is 42.5 Å². The summed E-state index contributed by atoms with van der Waals surface area (Å²) in [6.45, 7) is 3.84. The van der Waals surface area contributed by atoms with Crippen LogP contribution >= 0.6 is 0 Å². The highest BCUT2D eigenvalue weighted by Crippen LogP contribution is 2.37. The average Bonchev–Trinajstić information content (AvgIpc) is 3.17. The summed E-state index contributed by atoms with van der Waals surface area (Å²) in [5.41, 5.74) is 6.71. The first-order valence-corrected chi connectivity index (χ1v) is 14.1. The van der Waals surface area contributed by atoms with Crippen molar-refractivity contribution in [1.82, 2.24) is 4.98 Å². The molecule has 0 atom stereocenters. The fourth-order valence-electron chi connectivity index (χ4n) is 5.58. The number of carbonyl (C=O) groups excluding carboxylic acids is 1. The predicted molar refractivity (Wildman–Crippen MR) is 163 cm³/mol. The molecule has 2 aliphatic heterocycles. The highest BCUT2D eigenvalue weighted by molar-refractivity contribution is 6.13. The Morgan fingerprint density at radius 1 is 0.833 bits per heavy atom. The first-order chi connectivity index (χ1) is 20.6. The highest BCUT2D eigenvalue weighted by atomic mass is 19.1. The van der Waals surface area contributed by atoms with Gasteiger partial charge in [0.2, 0.25) is 0 Å². The third kappa shape index (κ3) is 5.12. The molecule has 8 heteroatoms. The lowest BCUT2D eigenvalue weighted by Gasteiger charge is -2.28. The largest absolute Gasteiger partial charge is 0.493 e. The smallest absolute Gasteiger partial charge is 0.257 e. The predicted octanol–water partition coefficient (Wildman–Crippen LogP) is 6.81. The van der Waals surface area contributed by atoms with Gasteiger partial charge in [-0.2, -0.15) is 0 Å². The Kier molecular flexibility index (Phi) is 6.89. The normalized spacial score (nSPS) is 14.4. The number of benzene rings is 4. The van der Waals surface area contributed by atoms with E-state index in [0.717, 1.165) is 59.8 Å². The number of amides is 1. The molecule has 0 bridgehead atoms. The van der Waals surface area contributed by atoms with Gasteiger partial charge < -0.3 is 25.0 Å². The topological polar surface area (TPSA) is 75.7 Å². The van der Waals surface area contributed by atoms with Crippen LogP contribution < -0.4 is 20.3 Å². The number of halogens is 1. The molecule has 42 heavy (non-hydrogen) atoms. The second-order valence-corrected chi connectivity index (χ2v) is 10.4. The Balaban J connectivity index is 1.06.